The molecule has 0 radical (unpaired) electrons. The van der Waals surface area contributed by atoms with Gasteiger partial charge in [0, 0.05) is 32.1 Å². The third kappa shape index (κ3) is 3.02. The van der Waals surface area contributed by atoms with E-state index in [1.54, 1.807) is 4.90 Å². The number of amides is 1. The Morgan fingerprint density at radius 3 is 2.70 bits per heavy atom. The molecular weight excluding hydrogens is 409 g/mol. The van der Waals surface area contributed by atoms with Crippen molar-refractivity contribution in [2.24, 2.45) is 0 Å². The molecule has 2 aromatic heterocycles. The summed E-state index contributed by atoms with van der Waals surface area (Å²) in [5.41, 5.74) is 0.304. The molecular formula is C20H20FN5O3S. The zero-order chi connectivity index (χ0) is 21.1. The second kappa shape index (κ2) is 6.49. The Morgan fingerprint density at radius 1 is 1.20 bits per heavy atom. The second-order valence-corrected chi connectivity index (χ2v) is 9.97. The third-order valence-electron chi connectivity index (χ3n) is 5.96. The summed E-state index contributed by atoms with van der Waals surface area (Å²) < 4.78 is 37.9. The molecule has 8 nitrogen and oxygen atoms in total. The lowest BCUT2D eigenvalue weighted by Crippen LogP contribution is -2.57. The number of halogens is 1. The first-order valence-corrected chi connectivity index (χ1v) is 11.5. The van der Waals surface area contributed by atoms with Gasteiger partial charge in [-0.05, 0) is 37.1 Å². The number of piperazine rings is 1. The lowest BCUT2D eigenvalue weighted by molar-refractivity contribution is 0.0619. The Morgan fingerprint density at radius 2 is 2.00 bits per heavy atom. The zero-order valence-electron chi connectivity index (χ0n) is 16.3. The Labute approximate surface area is 172 Å². The number of carbonyl (C=O) groups excluding carboxylic acids is 1. The van der Waals surface area contributed by atoms with Gasteiger partial charge in [-0.15, -0.1) is 0 Å². The van der Waals surface area contributed by atoms with Crippen molar-refractivity contribution in [3.05, 3.63) is 48.2 Å². The van der Waals surface area contributed by atoms with Crippen LogP contribution in [0.15, 0.2) is 41.7 Å². The van der Waals surface area contributed by atoms with Gasteiger partial charge in [0.25, 0.3) is 5.91 Å². The number of hydrogen-bond acceptors (Lipinski definition) is 6. The molecule has 1 spiro atoms. The summed E-state index contributed by atoms with van der Waals surface area (Å²) in [5, 5.41) is 0.926. The molecule has 5 rings (SSSR count). The first-order valence-electron chi connectivity index (χ1n) is 9.63. The van der Waals surface area contributed by atoms with Gasteiger partial charge < -0.3 is 14.8 Å². The van der Waals surface area contributed by atoms with Gasteiger partial charge >= 0.3 is 0 Å². The minimum absolute atomic E-state index is 0.0998. The van der Waals surface area contributed by atoms with E-state index in [1.807, 2.05) is 12.3 Å². The van der Waals surface area contributed by atoms with Crippen molar-refractivity contribution in [1.29, 1.82) is 0 Å². The average Bonchev–Trinajstić information content (AvgIpc) is 3.28. The summed E-state index contributed by atoms with van der Waals surface area (Å²) in [6, 6.07) is 5.40. The number of aromatic amines is 1. The van der Waals surface area contributed by atoms with E-state index in [1.165, 1.54) is 18.5 Å². The van der Waals surface area contributed by atoms with Crippen LogP contribution in [0.3, 0.4) is 0 Å². The molecule has 156 valence electrons. The van der Waals surface area contributed by atoms with E-state index in [0.29, 0.717) is 19.6 Å². The highest BCUT2D eigenvalue weighted by molar-refractivity contribution is 7.90. The van der Waals surface area contributed by atoms with E-state index in [-0.39, 0.29) is 16.0 Å². The second-order valence-electron chi connectivity index (χ2n) is 7.95. The molecule has 0 atom stereocenters. The first-order chi connectivity index (χ1) is 14.3. The highest BCUT2D eigenvalue weighted by Crippen LogP contribution is 2.46. The van der Waals surface area contributed by atoms with Gasteiger partial charge in [-0.3, -0.25) is 4.79 Å². The summed E-state index contributed by atoms with van der Waals surface area (Å²) in [5.74, 6) is -0.395. The zero-order valence-corrected chi connectivity index (χ0v) is 17.1. The van der Waals surface area contributed by atoms with Gasteiger partial charge in [0.1, 0.15) is 23.6 Å². The molecule has 2 aliphatic rings. The van der Waals surface area contributed by atoms with Crippen LogP contribution in [0.25, 0.3) is 11.0 Å². The van der Waals surface area contributed by atoms with Crippen LogP contribution < -0.4 is 4.90 Å². The van der Waals surface area contributed by atoms with E-state index in [0.717, 1.165) is 42.0 Å². The minimum Gasteiger partial charge on any atom is -0.352 e. The van der Waals surface area contributed by atoms with Gasteiger partial charge in [0.15, 0.2) is 9.84 Å². The molecule has 1 aliphatic carbocycles. The first kappa shape index (κ1) is 19.0. The van der Waals surface area contributed by atoms with Crippen LogP contribution in [0.1, 0.15) is 23.2 Å². The number of sulfone groups is 1. The topological polar surface area (TPSA) is 99.3 Å². The molecule has 1 aliphatic heterocycles. The number of anilines is 1. The molecule has 1 saturated carbocycles. The molecule has 30 heavy (non-hydrogen) atoms. The molecule has 3 heterocycles. The number of rotatable bonds is 3. The number of nitrogens with zero attached hydrogens (tertiary/aromatic N) is 4. The van der Waals surface area contributed by atoms with Crippen LogP contribution in [-0.4, -0.2) is 65.6 Å². The number of hydrogen-bond donors (Lipinski definition) is 1. The standard InChI is InChI=1S/C20H20FN5O3S/c1-30(28,29)13-2-3-14(16(21)10-13)19(27)26-9-8-25(11-20(26)5-6-20)18-15-4-7-22-17(15)23-12-24-18/h2-4,7,10,12H,5-6,8-9,11H2,1H3,(H,22,23,24). The molecule has 1 N–H and O–H groups in total. The maximum absolute atomic E-state index is 14.6. The van der Waals surface area contributed by atoms with Crippen molar-refractivity contribution in [2.45, 2.75) is 23.3 Å². The van der Waals surface area contributed by atoms with Crippen molar-refractivity contribution >= 4 is 32.6 Å². The van der Waals surface area contributed by atoms with E-state index in [9.17, 15) is 17.6 Å². The Balaban J connectivity index is 1.42. The van der Waals surface area contributed by atoms with Crippen molar-refractivity contribution in [2.75, 3.05) is 30.8 Å². The predicted molar refractivity (Wildman–Crippen MR) is 109 cm³/mol. The monoisotopic (exact) mass is 429 g/mol. The summed E-state index contributed by atoms with van der Waals surface area (Å²) in [6.45, 7) is 1.61. The molecule has 0 unspecified atom stereocenters. The van der Waals surface area contributed by atoms with Crippen molar-refractivity contribution in [3.8, 4) is 0 Å². The number of carbonyl (C=O) groups is 1. The summed E-state index contributed by atoms with van der Waals surface area (Å²) >= 11 is 0. The van der Waals surface area contributed by atoms with Crippen molar-refractivity contribution in [1.82, 2.24) is 19.9 Å². The number of H-pyrrole nitrogens is 1. The fraction of sp³-hybridized carbons (Fsp3) is 0.350. The van der Waals surface area contributed by atoms with E-state index in [2.05, 4.69) is 19.9 Å². The lowest BCUT2D eigenvalue weighted by Gasteiger charge is -2.43. The molecule has 3 aromatic rings. The highest BCUT2D eigenvalue weighted by Gasteiger charge is 2.53. The van der Waals surface area contributed by atoms with Crippen LogP contribution in [0.5, 0.6) is 0 Å². The predicted octanol–water partition coefficient (Wildman–Crippen LogP) is 2.00. The SMILES string of the molecule is CS(=O)(=O)c1ccc(C(=O)N2CCN(c3ncnc4[nH]ccc34)CC23CC3)c(F)c1. The van der Waals surface area contributed by atoms with E-state index >= 15 is 0 Å². The van der Waals surface area contributed by atoms with Crippen LogP contribution in [0.4, 0.5) is 10.2 Å². The lowest BCUT2D eigenvalue weighted by atomic mass is 10.1. The van der Waals surface area contributed by atoms with Gasteiger partial charge in [0.05, 0.1) is 21.4 Å². The van der Waals surface area contributed by atoms with E-state index in [4.69, 9.17) is 0 Å². The fourth-order valence-electron chi connectivity index (χ4n) is 4.20. The van der Waals surface area contributed by atoms with E-state index < -0.39 is 21.6 Å². The van der Waals surface area contributed by atoms with Gasteiger partial charge in [-0.2, -0.15) is 0 Å². The molecule has 2 fully saturated rings. The number of fused-ring (bicyclic) bond motifs is 1. The summed E-state index contributed by atoms with van der Waals surface area (Å²) in [7, 11) is -3.54. The maximum Gasteiger partial charge on any atom is 0.257 e. The van der Waals surface area contributed by atoms with Gasteiger partial charge in [-0.1, -0.05) is 0 Å². The van der Waals surface area contributed by atoms with Crippen LogP contribution in [0.2, 0.25) is 0 Å². The Kier molecular flexibility index (Phi) is 4.11. The average molecular weight is 429 g/mol. The Bertz CT molecular complexity index is 1270. The van der Waals surface area contributed by atoms with Crippen LogP contribution in [0, 0.1) is 5.82 Å². The number of aromatic nitrogens is 3. The number of nitrogens with one attached hydrogen (secondary N) is 1. The smallest absolute Gasteiger partial charge is 0.257 e. The highest BCUT2D eigenvalue weighted by atomic mass is 32.2. The Hall–Kier alpha value is -3.01. The third-order valence-corrected chi connectivity index (χ3v) is 7.07. The van der Waals surface area contributed by atoms with Crippen molar-refractivity contribution in [3.63, 3.8) is 0 Å². The quantitative estimate of drug-likeness (QED) is 0.684. The number of benzene rings is 1. The minimum atomic E-state index is -3.54. The van der Waals surface area contributed by atoms with Gasteiger partial charge in [-0.25, -0.2) is 22.8 Å². The van der Waals surface area contributed by atoms with Crippen LogP contribution in [-0.2, 0) is 9.84 Å². The molecule has 1 aromatic carbocycles. The molecule has 10 heteroatoms. The molecule has 1 amide bonds. The largest absolute Gasteiger partial charge is 0.352 e. The summed E-state index contributed by atoms with van der Waals surface area (Å²) in [6.07, 6.45) is 6.01. The summed E-state index contributed by atoms with van der Waals surface area (Å²) in [4.78, 5) is 28.6. The van der Waals surface area contributed by atoms with Gasteiger partial charge in [0.2, 0.25) is 0 Å². The molecule has 1 saturated heterocycles. The van der Waals surface area contributed by atoms with Crippen molar-refractivity contribution < 1.29 is 17.6 Å². The normalized spacial score (nSPS) is 18.2. The maximum atomic E-state index is 14.6. The van der Waals surface area contributed by atoms with Crippen LogP contribution >= 0.6 is 0 Å². The molecule has 0 bridgehead atoms. The fourth-order valence-corrected chi connectivity index (χ4v) is 4.84.